The van der Waals surface area contributed by atoms with Gasteiger partial charge in [-0.05, 0) is 43.7 Å². The number of carbonyl (C=O) groups excluding carboxylic acids is 2. The lowest BCUT2D eigenvalue weighted by Gasteiger charge is -2.23. The quantitative estimate of drug-likeness (QED) is 0.809. The summed E-state index contributed by atoms with van der Waals surface area (Å²) in [6.45, 7) is 4.17. The van der Waals surface area contributed by atoms with Crippen molar-refractivity contribution in [2.24, 2.45) is 0 Å². The zero-order valence-electron chi connectivity index (χ0n) is 15.6. The first-order chi connectivity index (χ1) is 13.0. The van der Waals surface area contributed by atoms with Crippen molar-refractivity contribution >= 4 is 23.4 Å². The molecule has 0 aliphatic carbocycles. The predicted molar refractivity (Wildman–Crippen MR) is 106 cm³/mol. The smallest absolute Gasteiger partial charge is 0.257 e. The van der Waals surface area contributed by atoms with Crippen LogP contribution in [0.1, 0.15) is 32.7 Å². The van der Waals surface area contributed by atoms with E-state index in [1.54, 1.807) is 23.1 Å². The molecule has 5 nitrogen and oxygen atoms in total. The lowest BCUT2D eigenvalue weighted by Crippen LogP contribution is -2.37. The molecule has 3 rings (SSSR count). The van der Waals surface area contributed by atoms with Crippen molar-refractivity contribution in [3.63, 3.8) is 0 Å². The first kappa shape index (κ1) is 19.2. The van der Waals surface area contributed by atoms with Crippen LogP contribution in [0.5, 0.6) is 5.75 Å². The molecule has 2 amide bonds. The Morgan fingerprint density at radius 2 is 1.67 bits per heavy atom. The van der Waals surface area contributed by atoms with Crippen molar-refractivity contribution < 1.29 is 14.3 Å². The molecular formula is C21H23ClN2O3. The fourth-order valence-corrected chi connectivity index (χ4v) is 3.47. The molecular weight excluding hydrogens is 364 g/mol. The standard InChI is InChI=1S/C21H23ClN2O3/c1-15-5-3-6-16(13-15)20(25)23-9-4-10-24(12-11-23)21(26)18-14-17(22)7-8-19(18)27-2/h3,5-8,13-14H,4,9-12H2,1-2H3. The highest BCUT2D eigenvalue weighted by Crippen LogP contribution is 2.24. The molecule has 142 valence electrons. The van der Waals surface area contributed by atoms with Crippen molar-refractivity contribution in [2.75, 3.05) is 33.3 Å². The number of halogens is 1. The molecule has 0 unspecified atom stereocenters. The maximum atomic E-state index is 13.0. The van der Waals surface area contributed by atoms with Gasteiger partial charge in [-0.25, -0.2) is 0 Å². The largest absolute Gasteiger partial charge is 0.496 e. The van der Waals surface area contributed by atoms with Crippen LogP contribution in [0.15, 0.2) is 42.5 Å². The van der Waals surface area contributed by atoms with Gasteiger partial charge in [0.05, 0.1) is 12.7 Å². The van der Waals surface area contributed by atoms with E-state index < -0.39 is 0 Å². The van der Waals surface area contributed by atoms with Gasteiger partial charge in [-0.3, -0.25) is 9.59 Å². The van der Waals surface area contributed by atoms with Crippen LogP contribution in [-0.4, -0.2) is 54.9 Å². The maximum absolute atomic E-state index is 13.0. The van der Waals surface area contributed by atoms with Crippen LogP contribution in [0.25, 0.3) is 0 Å². The molecule has 6 heteroatoms. The molecule has 0 radical (unpaired) electrons. The van der Waals surface area contributed by atoms with E-state index in [1.165, 1.54) is 7.11 Å². The number of hydrogen-bond acceptors (Lipinski definition) is 3. The van der Waals surface area contributed by atoms with Gasteiger partial charge in [0.15, 0.2) is 0 Å². The van der Waals surface area contributed by atoms with Gasteiger partial charge < -0.3 is 14.5 Å². The SMILES string of the molecule is COc1ccc(Cl)cc1C(=O)N1CCCN(C(=O)c2cccc(C)c2)CC1. The summed E-state index contributed by atoms with van der Waals surface area (Å²) in [7, 11) is 1.53. The van der Waals surface area contributed by atoms with E-state index in [4.69, 9.17) is 16.3 Å². The van der Waals surface area contributed by atoms with Crippen LogP contribution < -0.4 is 4.74 Å². The van der Waals surface area contributed by atoms with Gasteiger partial charge in [-0.1, -0.05) is 29.3 Å². The summed E-state index contributed by atoms with van der Waals surface area (Å²) in [4.78, 5) is 29.3. The predicted octanol–water partition coefficient (Wildman–Crippen LogP) is 3.65. The van der Waals surface area contributed by atoms with Gasteiger partial charge in [0, 0.05) is 36.8 Å². The molecule has 1 aliphatic rings. The number of ether oxygens (including phenoxy) is 1. The number of aryl methyl sites for hydroxylation is 1. The zero-order valence-corrected chi connectivity index (χ0v) is 16.3. The van der Waals surface area contributed by atoms with E-state index in [-0.39, 0.29) is 11.8 Å². The summed E-state index contributed by atoms with van der Waals surface area (Å²) < 4.78 is 5.30. The van der Waals surface area contributed by atoms with Gasteiger partial charge in [0.1, 0.15) is 5.75 Å². The molecule has 2 aromatic carbocycles. The van der Waals surface area contributed by atoms with E-state index in [1.807, 2.05) is 36.1 Å². The minimum absolute atomic E-state index is 0.00772. The third-order valence-corrected chi connectivity index (χ3v) is 4.96. The summed E-state index contributed by atoms with van der Waals surface area (Å²) >= 11 is 6.06. The van der Waals surface area contributed by atoms with Crippen molar-refractivity contribution in [3.05, 3.63) is 64.2 Å². The summed E-state index contributed by atoms with van der Waals surface area (Å²) in [5.41, 5.74) is 2.19. The number of methoxy groups -OCH3 is 1. The lowest BCUT2D eigenvalue weighted by atomic mass is 10.1. The molecule has 0 N–H and O–H groups in total. The highest BCUT2D eigenvalue weighted by atomic mass is 35.5. The summed E-state index contributed by atoms with van der Waals surface area (Å²) in [5.74, 6) is 0.383. The van der Waals surface area contributed by atoms with Gasteiger partial charge in [0.25, 0.3) is 11.8 Å². The van der Waals surface area contributed by atoms with Gasteiger partial charge in [-0.2, -0.15) is 0 Å². The highest BCUT2D eigenvalue weighted by Gasteiger charge is 2.25. The third-order valence-electron chi connectivity index (χ3n) is 4.73. The minimum atomic E-state index is -0.126. The Morgan fingerprint density at radius 1 is 0.963 bits per heavy atom. The average molecular weight is 387 g/mol. The fraction of sp³-hybridized carbons (Fsp3) is 0.333. The Kier molecular flexibility index (Phi) is 6.01. The monoisotopic (exact) mass is 386 g/mol. The maximum Gasteiger partial charge on any atom is 0.257 e. The van der Waals surface area contributed by atoms with E-state index in [9.17, 15) is 9.59 Å². The second-order valence-corrected chi connectivity index (χ2v) is 7.09. The van der Waals surface area contributed by atoms with E-state index in [0.717, 1.165) is 12.0 Å². The number of rotatable bonds is 3. The van der Waals surface area contributed by atoms with E-state index in [2.05, 4.69) is 0 Å². The van der Waals surface area contributed by atoms with Crippen LogP contribution in [-0.2, 0) is 0 Å². The van der Waals surface area contributed by atoms with E-state index in [0.29, 0.717) is 48.1 Å². The van der Waals surface area contributed by atoms with Crippen LogP contribution in [0.4, 0.5) is 0 Å². The topological polar surface area (TPSA) is 49.9 Å². The number of hydrogen-bond donors (Lipinski definition) is 0. The minimum Gasteiger partial charge on any atom is -0.496 e. The van der Waals surface area contributed by atoms with Gasteiger partial charge in [-0.15, -0.1) is 0 Å². The fourth-order valence-electron chi connectivity index (χ4n) is 3.30. The van der Waals surface area contributed by atoms with Gasteiger partial charge in [0.2, 0.25) is 0 Å². The lowest BCUT2D eigenvalue weighted by molar-refractivity contribution is 0.0717. The Morgan fingerprint density at radius 3 is 2.33 bits per heavy atom. The molecule has 2 aromatic rings. The normalized spacial score (nSPS) is 14.6. The van der Waals surface area contributed by atoms with Crippen LogP contribution >= 0.6 is 11.6 Å². The number of nitrogens with zero attached hydrogens (tertiary/aromatic N) is 2. The molecule has 0 aromatic heterocycles. The third kappa shape index (κ3) is 4.42. The Bertz CT molecular complexity index is 853. The molecule has 1 heterocycles. The van der Waals surface area contributed by atoms with Crippen molar-refractivity contribution in [2.45, 2.75) is 13.3 Å². The Hall–Kier alpha value is -2.53. The summed E-state index contributed by atoms with van der Waals surface area (Å²) in [6.07, 6.45) is 0.728. The van der Waals surface area contributed by atoms with Crippen molar-refractivity contribution in [1.29, 1.82) is 0 Å². The molecule has 0 saturated carbocycles. The molecule has 1 aliphatic heterocycles. The average Bonchev–Trinajstić information content (AvgIpc) is 2.93. The first-order valence-corrected chi connectivity index (χ1v) is 9.36. The second kappa shape index (κ2) is 8.44. The number of carbonyl (C=O) groups is 2. The van der Waals surface area contributed by atoms with Crippen molar-refractivity contribution in [3.8, 4) is 5.75 Å². The second-order valence-electron chi connectivity index (χ2n) is 6.65. The van der Waals surface area contributed by atoms with Crippen molar-refractivity contribution in [1.82, 2.24) is 9.80 Å². The molecule has 0 atom stereocenters. The molecule has 1 fully saturated rings. The summed E-state index contributed by atoms with van der Waals surface area (Å²) in [5, 5.41) is 0.491. The van der Waals surface area contributed by atoms with Crippen LogP contribution in [0.3, 0.4) is 0 Å². The molecule has 27 heavy (non-hydrogen) atoms. The van der Waals surface area contributed by atoms with Crippen LogP contribution in [0.2, 0.25) is 5.02 Å². The van der Waals surface area contributed by atoms with Crippen LogP contribution in [0, 0.1) is 6.92 Å². The van der Waals surface area contributed by atoms with E-state index >= 15 is 0 Å². The summed E-state index contributed by atoms with van der Waals surface area (Å²) in [6, 6.07) is 12.6. The molecule has 0 spiro atoms. The Labute approximate surface area is 164 Å². The molecule has 1 saturated heterocycles. The number of amides is 2. The number of benzene rings is 2. The molecule has 0 bridgehead atoms. The Balaban J connectivity index is 1.72. The first-order valence-electron chi connectivity index (χ1n) is 8.98. The van der Waals surface area contributed by atoms with Gasteiger partial charge >= 0.3 is 0 Å². The zero-order chi connectivity index (χ0) is 19.4. The highest BCUT2D eigenvalue weighted by molar-refractivity contribution is 6.31.